The maximum Gasteiger partial charge on any atom is 0.146 e. The molecule has 0 amide bonds. The van der Waals surface area contributed by atoms with Crippen LogP contribution in [0.5, 0.6) is 11.5 Å². The number of nitrogens with zero attached hydrogens (tertiary/aromatic N) is 1. The second-order valence-corrected chi connectivity index (χ2v) is 3.63. The number of hydrogen-bond acceptors (Lipinski definition) is 2. The normalized spacial score (nSPS) is 10.0. The minimum atomic E-state index is 0.610. The lowest BCUT2D eigenvalue weighted by Crippen LogP contribution is -1.86. The predicted molar refractivity (Wildman–Crippen MR) is 60.5 cm³/mol. The lowest BCUT2D eigenvalue weighted by atomic mass is 10.2. The van der Waals surface area contributed by atoms with Gasteiger partial charge in [0.15, 0.2) is 0 Å². The molecule has 2 nitrogen and oxygen atoms in total. The van der Waals surface area contributed by atoms with Crippen molar-refractivity contribution in [3.8, 4) is 11.5 Å². The third kappa shape index (κ3) is 2.48. The van der Waals surface area contributed by atoms with Crippen molar-refractivity contribution in [3.63, 3.8) is 0 Å². The highest BCUT2D eigenvalue weighted by molar-refractivity contribution is 6.32. The van der Waals surface area contributed by atoms with Crippen LogP contribution in [0.2, 0.25) is 5.02 Å². The SMILES string of the molecule is Cc1ccc(Oc2cccnc2)c(Cl)c1. The van der Waals surface area contributed by atoms with Gasteiger partial charge in [0.25, 0.3) is 0 Å². The molecular weight excluding hydrogens is 210 g/mol. The summed E-state index contributed by atoms with van der Waals surface area (Å²) in [6, 6.07) is 9.33. The molecule has 3 heteroatoms. The molecule has 0 fully saturated rings. The minimum Gasteiger partial charge on any atom is -0.454 e. The Bertz CT molecular complexity index is 456. The van der Waals surface area contributed by atoms with E-state index in [1.807, 2.05) is 37.3 Å². The van der Waals surface area contributed by atoms with E-state index in [0.717, 1.165) is 5.56 Å². The number of benzene rings is 1. The first kappa shape index (κ1) is 9.99. The number of aromatic nitrogens is 1. The van der Waals surface area contributed by atoms with E-state index in [-0.39, 0.29) is 0 Å². The molecule has 2 aromatic rings. The van der Waals surface area contributed by atoms with Crippen molar-refractivity contribution in [2.75, 3.05) is 0 Å². The zero-order valence-electron chi connectivity index (χ0n) is 8.27. The highest BCUT2D eigenvalue weighted by atomic mass is 35.5. The van der Waals surface area contributed by atoms with E-state index in [2.05, 4.69) is 4.98 Å². The molecule has 76 valence electrons. The lowest BCUT2D eigenvalue weighted by Gasteiger charge is -2.07. The molecule has 2 rings (SSSR count). The smallest absolute Gasteiger partial charge is 0.146 e. The Morgan fingerprint density at radius 1 is 1.27 bits per heavy atom. The molecule has 0 radical (unpaired) electrons. The van der Waals surface area contributed by atoms with Crippen LogP contribution in [0.4, 0.5) is 0 Å². The summed E-state index contributed by atoms with van der Waals surface area (Å²) in [4.78, 5) is 3.96. The highest BCUT2D eigenvalue weighted by Crippen LogP contribution is 2.29. The molecule has 15 heavy (non-hydrogen) atoms. The van der Waals surface area contributed by atoms with Crippen LogP contribution in [-0.4, -0.2) is 4.98 Å². The van der Waals surface area contributed by atoms with Crippen molar-refractivity contribution >= 4 is 11.6 Å². The second kappa shape index (κ2) is 4.32. The molecule has 0 unspecified atom stereocenters. The van der Waals surface area contributed by atoms with Crippen molar-refractivity contribution in [3.05, 3.63) is 53.3 Å². The Kier molecular flexibility index (Phi) is 2.88. The average Bonchev–Trinajstić information content (AvgIpc) is 2.24. The molecule has 1 heterocycles. The Morgan fingerprint density at radius 2 is 2.13 bits per heavy atom. The van der Waals surface area contributed by atoms with Crippen LogP contribution < -0.4 is 4.74 Å². The third-order valence-electron chi connectivity index (χ3n) is 1.95. The molecule has 0 aliphatic rings. The van der Waals surface area contributed by atoms with E-state index < -0.39 is 0 Å². The van der Waals surface area contributed by atoms with Gasteiger partial charge in [0.1, 0.15) is 11.5 Å². The maximum atomic E-state index is 6.03. The fraction of sp³-hybridized carbons (Fsp3) is 0.0833. The van der Waals surface area contributed by atoms with Gasteiger partial charge >= 0.3 is 0 Å². The summed E-state index contributed by atoms with van der Waals surface area (Å²) >= 11 is 6.03. The Hall–Kier alpha value is -1.54. The first-order chi connectivity index (χ1) is 7.25. The van der Waals surface area contributed by atoms with Gasteiger partial charge in [-0.3, -0.25) is 4.98 Å². The molecule has 1 aromatic heterocycles. The van der Waals surface area contributed by atoms with E-state index in [1.165, 1.54) is 0 Å². The van der Waals surface area contributed by atoms with Crippen molar-refractivity contribution < 1.29 is 4.74 Å². The molecule has 0 spiro atoms. The van der Waals surface area contributed by atoms with Gasteiger partial charge in [0.2, 0.25) is 0 Å². The number of aryl methyl sites for hydroxylation is 1. The molecule has 0 saturated heterocycles. The largest absolute Gasteiger partial charge is 0.454 e. The highest BCUT2D eigenvalue weighted by Gasteiger charge is 2.02. The van der Waals surface area contributed by atoms with E-state index in [4.69, 9.17) is 16.3 Å². The molecule has 0 aliphatic carbocycles. The Balaban J connectivity index is 2.25. The Morgan fingerprint density at radius 3 is 2.80 bits per heavy atom. The van der Waals surface area contributed by atoms with Gasteiger partial charge in [0.05, 0.1) is 11.2 Å². The Labute approximate surface area is 93.5 Å². The summed E-state index contributed by atoms with van der Waals surface area (Å²) in [5.41, 5.74) is 1.11. The number of rotatable bonds is 2. The van der Waals surface area contributed by atoms with Gasteiger partial charge in [-0.25, -0.2) is 0 Å². The van der Waals surface area contributed by atoms with Crippen LogP contribution in [-0.2, 0) is 0 Å². The van der Waals surface area contributed by atoms with Crippen molar-refractivity contribution in [1.29, 1.82) is 0 Å². The van der Waals surface area contributed by atoms with Gasteiger partial charge in [-0.1, -0.05) is 17.7 Å². The lowest BCUT2D eigenvalue weighted by molar-refractivity contribution is 0.480. The topological polar surface area (TPSA) is 22.1 Å². The summed E-state index contributed by atoms with van der Waals surface area (Å²) < 4.78 is 5.57. The number of pyridine rings is 1. The average molecular weight is 220 g/mol. The fourth-order valence-electron chi connectivity index (χ4n) is 1.22. The zero-order chi connectivity index (χ0) is 10.7. The van der Waals surface area contributed by atoms with Gasteiger partial charge in [-0.15, -0.1) is 0 Å². The van der Waals surface area contributed by atoms with Gasteiger partial charge in [-0.2, -0.15) is 0 Å². The summed E-state index contributed by atoms with van der Waals surface area (Å²) in [5.74, 6) is 1.33. The maximum absolute atomic E-state index is 6.03. The van der Waals surface area contributed by atoms with Crippen LogP contribution in [0.1, 0.15) is 5.56 Å². The second-order valence-electron chi connectivity index (χ2n) is 3.22. The first-order valence-electron chi connectivity index (χ1n) is 4.60. The van der Waals surface area contributed by atoms with E-state index in [0.29, 0.717) is 16.5 Å². The molecule has 0 atom stereocenters. The number of halogens is 1. The molecule has 0 saturated carbocycles. The number of ether oxygens (including phenoxy) is 1. The van der Waals surface area contributed by atoms with Crippen LogP contribution in [0.15, 0.2) is 42.7 Å². The summed E-state index contributed by atoms with van der Waals surface area (Å²) in [6.45, 7) is 1.99. The third-order valence-corrected chi connectivity index (χ3v) is 2.24. The summed E-state index contributed by atoms with van der Waals surface area (Å²) in [6.07, 6.45) is 3.35. The van der Waals surface area contributed by atoms with E-state index in [9.17, 15) is 0 Å². The number of hydrogen-bond donors (Lipinski definition) is 0. The van der Waals surface area contributed by atoms with E-state index >= 15 is 0 Å². The zero-order valence-corrected chi connectivity index (χ0v) is 9.03. The van der Waals surface area contributed by atoms with Crippen LogP contribution in [0.3, 0.4) is 0 Å². The minimum absolute atomic E-state index is 0.610. The quantitative estimate of drug-likeness (QED) is 0.766. The van der Waals surface area contributed by atoms with Crippen molar-refractivity contribution in [1.82, 2.24) is 4.98 Å². The molecule has 0 bridgehead atoms. The fourth-order valence-corrected chi connectivity index (χ4v) is 1.50. The first-order valence-corrected chi connectivity index (χ1v) is 4.97. The van der Waals surface area contributed by atoms with Crippen LogP contribution in [0.25, 0.3) is 0 Å². The molecule has 1 aromatic carbocycles. The summed E-state index contributed by atoms with van der Waals surface area (Å²) in [5, 5.41) is 0.610. The monoisotopic (exact) mass is 219 g/mol. The van der Waals surface area contributed by atoms with Gasteiger partial charge in [0, 0.05) is 6.20 Å². The molecule has 0 aliphatic heterocycles. The molecule has 0 N–H and O–H groups in total. The van der Waals surface area contributed by atoms with Gasteiger partial charge in [-0.05, 0) is 36.8 Å². The summed E-state index contributed by atoms with van der Waals surface area (Å²) in [7, 11) is 0. The predicted octanol–water partition coefficient (Wildman–Crippen LogP) is 3.84. The van der Waals surface area contributed by atoms with E-state index in [1.54, 1.807) is 12.4 Å². The standard InChI is InChI=1S/C12H10ClNO/c1-9-4-5-12(11(13)7-9)15-10-3-2-6-14-8-10/h2-8H,1H3. The van der Waals surface area contributed by atoms with Crippen molar-refractivity contribution in [2.24, 2.45) is 0 Å². The van der Waals surface area contributed by atoms with Crippen molar-refractivity contribution in [2.45, 2.75) is 6.92 Å². The molecular formula is C12H10ClNO. The van der Waals surface area contributed by atoms with Crippen LogP contribution in [0, 0.1) is 6.92 Å². The van der Waals surface area contributed by atoms with Gasteiger partial charge < -0.3 is 4.74 Å². The van der Waals surface area contributed by atoms with Crippen LogP contribution >= 0.6 is 11.6 Å².